The molecule has 18 heavy (non-hydrogen) atoms. The molecule has 0 fully saturated rings. The molecular weight excluding hydrogens is 230 g/mol. The zero-order valence-corrected chi connectivity index (χ0v) is 10.7. The molecule has 4 heteroatoms. The molecule has 0 saturated heterocycles. The maximum absolute atomic E-state index is 5.40. The predicted octanol–water partition coefficient (Wildman–Crippen LogP) is 2.10. The van der Waals surface area contributed by atoms with Crippen LogP contribution in [0.2, 0.25) is 0 Å². The molecule has 0 saturated carbocycles. The molecule has 0 spiro atoms. The fourth-order valence-electron chi connectivity index (χ4n) is 1.67. The van der Waals surface area contributed by atoms with E-state index in [-0.39, 0.29) is 0 Å². The van der Waals surface area contributed by atoms with Crippen molar-refractivity contribution >= 4 is 0 Å². The van der Waals surface area contributed by atoms with Crippen LogP contribution in [0.4, 0.5) is 0 Å². The first-order chi connectivity index (χ1) is 8.75. The van der Waals surface area contributed by atoms with Gasteiger partial charge in [-0.2, -0.15) is 0 Å². The SMILES string of the molecule is C=C(C)COCCNCc1ccc2c(c1)OCO2. The molecule has 0 aromatic heterocycles. The number of rotatable bonds is 7. The Morgan fingerprint density at radius 3 is 3.06 bits per heavy atom. The van der Waals surface area contributed by atoms with Crippen molar-refractivity contribution in [3.8, 4) is 11.5 Å². The average Bonchev–Trinajstić information content (AvgIpc) is 2.80. The van der Waals surface area contributed by atoms with E-state index in [1.54, 1.807) is 0 Å². The number of benzene rings is 1. The van der Waals surface area contributed by atoms with Gasteiger partial charge in [0.15, 0.2) is 11.5 Å². The first-order valence-corrected chi connectivity index (χ1v) is 6.07. The lowest BCUT2D eigenvalue weighted by Gasteiger charge is -2.07. The fourth-order valence-corrected chi connectivity index (χ4v) is 1.67. The summed E-state index contributed by atoms with van der Waals surface area (Å²) < 4.78 is 16.0. The van der Waals surface area contributed by atoms with Crippen molar-refractivity contribution in [1.29, 1.82) is 0 Å². The maximum Gasteiger partial charge on any atom is 0.231 e. The second-order valence-electron chi connectivity index (χ2n) is 4.37. The molecule has 0 atom stereocenters. The zero-order valence-electron chi connectivity index (χ0n) is 10.7. The van der Waals surface area contributed by atoms with E-state index in [1.807, 2.05) is 25.1 Å². The van der Waals surface area contributed by atoms with Gasteiger partial charge in [0.2, 0.25) is 6.79 Å². The van der Waals surface area contributed by atoms with E-state index in [1.165, 1.54) is 5.56 Å². The average molecular weight is 249 g/mol. The minimum atomic E-state index is 0.320. The van der Waals surface area contributed by atoms with E-state index < -0.39 is 0 Å². The molecular formula is C14H19NO3. The monoisotopic (exact) mass is 249 g/mol. The molecule has 1 aromatic carbocycles. The normalized spacial score (nSPS) is 12.7. The molecule has 0 unspecified atom stereocenters. The van der Waals surface area contributed by atoms with Crippen LogP contribution in [0.3, 0.4) is 0 Å². The summed E-state index contributed by atoms with van der Waals surface area (Å²) in [6.07, 6.45) is 0. The lowest BCUT2D eigenvalue weighted by Crippen LogP contribution is -2.19. The standard InChI is InChI=1S/C14H19NO3/c1-11(2)9-16-6-5-15-8-12-3-4-13-14(7-12)18-10-17-13/h3-4,7,15H,1,5-6,8-10H2,2H3. The summed E-state index contributed by atoms with van der Waals surface area (Å²) >= 11 is 0. The summed E-state index contributed by atoms with van der Waals surface area (Å²) in [5.74, 6) is 1.65. The van der Waals surface area contributed by atoms with Gasteiger partial charge in [0.1, 0.15) is 0 Å². The minimum absolute atomic E-state index is 0.320. The van der Waals surface area contributed by atoms with Gasteiger partial charge < -0.3 is 19.5 Å². The highest BCUT2D eigenvalue weighted by molar-refractivity contribution is 5.44. The first kappa shape index (κ1) is 12.9. The second-order valence-corrected chi connectivity index (χ2v) is 4.37. The van der Waals surface area contributed by atoms with Crippen LogP contribution in [-0.4, -0.2) is 26.6 Å². The summed E-state index contributed by atoms with van der Waals surface area (Å²) in [5.41, 5.74) is 2.23. The number of nitrogens with one attached hydrogen (secondary N) is 1. The largest absolute Gasteiger partial charge is 0.454 e. The Hall–Kier alpha value is -1.52. The van der Waals surface area contributed by atoms with Gasteiger partial charge in [-0.3, -0.25) is 0 Å². The van der Waals surface area contributed by atoms with E-state index in [2.05, 4.69) is 11.9 Å². The van der Waals surface area contributed by atoms with Gasteiger partial charge in [-0.15, -0.1) is 0 Å². The molecule has 1 aliphatic heterocycles. The molecule has 0 amide bonds. The Balaban J connectivity index is 1.66. The van der Waals surface area contributed by atoms with Crippen molar-refractivity contribution in [3.05, 3.63) is 35.9 Å². The summed E-state index contributed by atoms with van der Waals surface area (Å²) in [4.78, 5) is 0. The van der Waals surface area contributed by atoms with Gasteiger partial charge in [-0.25, -0.2) is 0 Å². The van der Waals surface area contributed by atoms with Crippen molar-refractivity contribution in [2.45, 2.75) is 13.5 Å². The van der Waals surface area contributed by atoms with E-state index in [0.717, 1.165) is 30.2 Å². The van der Waals surface area contributed by atoms with Crippen LogP contribution in [0.1, 0.15) is 12.5 Å². The first-order valence-electron chi connectivity index (χ1n) is 6.07. The maximum atomic E-state index is 5.40. The van der Waals surface area contributed by atoms with Crippen molar-refractivity contribution in [2.24, 2.45) is 0 Å². The predicted molar refractivity (Wildman–Crippen MR) is 69.9 cm³/mol. The Labute approximate surface area is 108 Å². The van der Waals surface area contributed by atoms with Crippen LogP contribution >= 0.6 is 0 Å². The van der Waals surface area contributed by atoms with Gasteiger partial charge in [0.25, 0.3) is 0 Å². The van der Waals surface area contributed by atoms with Crippen LogP contribution in [0.5, 0.6) is 11.5 Å². The molecule has 1 heterocycles. The summed E-state index contributed by atoms with van der Waals surface area (Å²) in [6, 6.07) is 5.98. The number of fused-ring (bicyclic) bond motifs is 1. The molecule has 4 nitrogen and oxygen atoms in total. The van der Waals surface area contributed by atoms with Crippen LogP contribution < -0.4 is 14.8 Å². The van der Waals surface area contributed by atoms with Crippen LogP contribution in [0.25, 0.3) is 0 Å². The molecule has 98 valence electrons. The summed E-state index contributed by atoms with van der Waals surface area (Å²) in [7, 11) is 0. The van der Waals surface area contributed by atoms with Crippen molar-refractivity contribution in [3.63, 3.8) is 0 Å². The van der Waals surface area contributed by atoms with Gasteiger partial charge in [-0.05, 0) is 24.6 Å². The van der Waals surface area contributed by atoms with Crippen molar-refractivity contribution in [1.82, 2.24) is 5.32 Å². The fraction of sp³-hybridized carbons (Fsp3) is 0.429. The quantitative estimate of drug-likeness (QED) is 0.593. The summed E-state index contributed by atoms with van der Waals surface area (Å²) in [6.45, 7) is 9.00. The Kier molecular flexibility index (Phi) is 4.61. The third-order valence-electron chi connectivity index (χ3n) is 2.54. The van der Waals surface area contributed by atoms with E-state index in [4.69, 9.17) is 14.2 Å². The van der Waals surface area contributed by atoms with E-state index in [9.17, 15) is 0 Å². The van der Waals surface area contributed by atoms with Gasteiger partial charge in [0.05, 0.1) is 13.2 Å². The third kappa shape index (κ3) is 3.75. The Morgan fingerprint density at radius 2 is 2.22 bits per heavy atom. The summed E-state index contributed by atoms with van der Waals surface area (Å²) in [5, 5.41) is 3.32. The topological polar surface area (TPSA) is 39.7 Å². The molecule has 1 aromatic rings. The van der Waals surface area contributed by atoms with Gasteiger partial charge in [0, 0.05) is 13.1 Å². The van der Waals surface area contributed by atoms with Crippen LogP contribution in [0, 0.1) is 0 Å². The number of hydrogen-bond donors (Lipinski definition) is 1. The third-order valence-corrected chi connectivity index (χ3v) is 2.54. The second kappa shape index (κ2) is 6.42. The number of hydrogen-bond acceptors (Lipinski definition) is 4. The molecule has 0 bridgehead atoms. The molecule has 1 aliphatic rings. The van der Waals surface area contributed by atoms with Gasteiger partial charge in [-0.1, -0.05) is 18.2 Å². The molecule has 2 rings (SSSR count). The highest BCUT2D eigenvalue weighted by Gasteiger charge is 2.12. The van der Waals surface area contributed by atoms with Crippen molar-refractivity contribution < 1.29 is 14.2 Å². The Morgan fingerprint density at radius 1 is 1.39 bits per heavy atom. The van der Waals surface area contributed by atoms with Crippen LogP contribution in [-0.2, 0) is 11.3 Å². The lowest BCUT2D eigenvalue weighted by molar-refractivity contribution is 0.157. The van der Waals surface area contributed by atoms with E-state index >= 15 is 0 Å². The van der Waals surface area contributed by atoms with Crippen LogP contribution in [0.15, 0.2) is 30.4 Å². The highest BCUT2D eigenvalue weighted by Crippen LogP contribution is 2.32. The molecule has 0 aliphatic carbocycles. The Bertz CT molecular complexity index is 418. The highest BCUT2D eigenvalue weighted by atomic mass is 16.7. The van der Waals surface area contributed by atoms with Crippen molar-refractivity contribution in [2.75, 3.05) is 26.6 Å². The van der Waals surface area contributed by atoms with E-state index in [0.29, 0.717) is 20.0 Å². The molecule has 1 N–H and O–H groups in total. The lowest BCUT2D eigenvalue weighted by atomic mass is 10.2. The zero-order chi connectivity index (χ0) is 12.8. The van der Waals surface area contributed by atoms with Gasteiger partial charge >= 0.3 is 0 Å². The molecule has 0 radical (unpaired) electrons. The number of ether oxygens (including phenoxy) is 3. The smallest absolute Gasteiger partial charge is 0.231 e. The minimum Gasteiger partial charge on any atom is -0.454 e.